The van der Waals surface area contributed by atoms with E-state index in [1.807, 2.05) is 0 Å². The van der Waals surface area contributed by atoms with Crippen molar-refractivity contribution in [3.63, 3.8) is 0 Å². The Morgan fingerprint density at radius 1 is 1.40 bits per heavy atom. The van der Waals surface area contributed by atoms with Gasteiger partial charge in [0.1, 0.15) is 0 Å². The van der Waals surface area contributed by atoms with Gasteiger partial charge in [-0.1, -0.05) is 0 Å². The minimum atomic E-state index is -0.940. The maximum atomic E-state index is 13.2. The first-order valence-electron chi connectivity index (χ1n) is 4.45. The summed E-state index contributed by atoms with van der Waals surface area (Å²) in [5, 5.41) is 12.2. The van der Waals surface area contributed by atoms with Crippen molar-refractivity contribution in [3.05, 3.63) is 29.3 Å². The van der Waals surface area contributed by atoms with Crippen LogP contribution in [0.4, 0.5) is 8.78 Å². The van der Waals surface area contributed by atoms with Crippen LogP contribution in [0, 0.1) is 11.6 Å². The highest BCUT2D eigenvalue weighted by Gasteiger charge is 2.15. The third-order valence-corrected chi connectivity index (χ3v) is 2.01. The molecule has 1 rings (SSSR count). The van der Waals surface area contributed by atoms with Crippen LogP contribution in [0.2, 0.25) is 0 Å². The number of nitrogens with one attached hydrogen (secondary N) is 1. The zero-order chi connectivity index (χ0) is 11.4. The number of methoxy groups -OCH3 is 1. The molecule has 0 radical (unpaired) electrons. The fourth-order valence-electron chi connectivity index (χ4n) is 1.28. The molecule has 0 saturated carbocycles. The van der Waals surface area contributed by atoms with E-state index in [9.17, 15) is 13.9 Å². The minimum Gasteiger partial charge on any atom is -0.491 e. The van der Waals surface area contributed by atoms with Crippen molar-refractivity contribution >= 4 is 0 Å². The van der Waals surface area contributed by atoms with Crippen molar-refractivity contribution in [2.75, 3.05) is 20.7 Å². The van der Waals surface area contributed by atoms with Gasteiger partial charge < -0.3 is 15.2 Å². The van der Waals surface area contributed by atoms with Crippen LogP contribution in [0.3, 0.4) is 0 Å². The molecule has 0 aromatic heterocycles. The second kappa shape index (κ2) is 5.04. The lowest BCUT2D eigenvalue weighted by Crippen LogP contribution is -2.17. The third kappa shape index (κ3) is 2.64. The molecule has 3 nitrogen and oxygen atoms in total. The average molecular weight is 217 g/mol. The van der Waals surface area contributed by atoms with Crippen molar-refractivity contribution in [3.8, 4) is 5.75 Å². The average Bonchev–Trinajstić information content (AvgIpc) is 2.17. The van der Waals surface area contributed by atoms with E-state index in [4.69, 9.17) is 0 Å². The van der Waals surface area contributed by atoms with Crippen LogP contribution < -0.4 is 10.1 Å². The summed E-state index contributed by atoms with van der Waals surface area (Å²) in [6.07, 6.45) is -0.940. The molecule has 0 aliphatic rings. The van der Waals surface area contributed by atoms with Gasteiger partial charge in [-0.25, -0.2) is 8.78 Å². The number of aliphatic hydroxyl groups is 1. The molecule has 0 aliphatic heterocycles. The molecule has 0 bridgehead atoms. The Hall–Kier alpha value is -1.20. The molecular weight excluding hydrogens is 204 g/mol. The number of rotatable bonds is 4. The standard InChI is InChI=1S/C10H13F2NO2/c1-13-5-9(14)6-3-7(11)10(15-2)8(12)4-6/h3-4,9,13-14H,5H2,1-2H3. The molecule has 1 atom stereocenters. The highest BCUT2D eigenvalue weighted by atomic mass is 19.1. The largest absolute Gasteiger partial charge is 0.491 e. The summed E-state index contributed by atoms with van der Waals surface area (Å²) >= 11 is 0. The summed E-state index contributed by atoms with van der Waals surface area (Å²) in [5.74, 6) is -2.07. The number of hydrogen-bond donors (Lipinski definition) is 2. The summed E-state index contributed by atoms with van der Waals surface area (Å²) in [6, 6.07) is 2.12. The predicted octanol–water partition coefficient (Wildman–Crippen LogP) is 1.23. The summed E-state index contributed by atoms with van der Waals surface area (Å²) < 4.78 is 31.0. The molecule has 0 amide bonds. The van der Waals surface area contributed by atoms with Gasteiger partial charge in [0.25, 0.3) is 0 Å². The molecule has 0 fully saturated rings. The Morgan fingerprint density at radius 2 is 1.93 bits per heavy atom. The summed E-state index contributed by atoms with van der Waals surface area (Å²) in [4.78, 5) is 0. The maximum absolute atomic E-state index is 13.2. The summed E-state index contributed by atoms with van der Waals surface area (Å²) in [6.45, 7) is 0.227. The normalized spacial score (nSPS) is 12.6. The summed E-state index contributed by atoms with van der Waals surface area (Å²) in [7, 11) is 2.82. The lowest BCUT2D eigenvalue weighted by Gasteiger charge is -2.12. The van der Waals surface area contributed by atoms with E-state index in [0.29, 0.717) is 0 Å². The molecule has 1 aromatic carbocycles. The summed E-state index contributed by atoms with van der Waals surface area (Å²) in [5.41, 5.74) is 0.181. The van der Waals surface area contributed by atoms with Gasteiger partial charge in [0.05, 0.1) is 13.2 Å². The third-order valence-electron chi connectivity index (χ3n) is 2.01. The molecule has 0 aliphatic carbocycles. The fraction of sp³-hybridized carbons (Fsp3) is 0.400. The van der Waals surface area contributed by atoms with E-state index < -0.39 is 23.5 Å². The van der Waals surface area contributed by atoms with Crippen LogP contribution in [-0.4, -0.2) is 25.8 Å². The molecule has 0 saturated heterocycles. The second-order valence-corrected chi connectivity index (χ2v) is 3.09. The van der Waals surface area contributed by atoms with Crippen LogP contribution in [0.25, 0.3) is 0 Å². The zero-order valence-electron chi connectivity index (χ0n) is 8.55. The van der Waals surface area contributed by atoms with Crippen molar-refractivity contribution < 1.29 is 18.6 Å². The van der Waals surface area contributed by atoms with Crippen molar-refractivity contribution in [2.24, 2.45) is 0 Å². The van der Waals surface area contributed by atoms with Gasteiger partial charge in [-0.3, -0.25) is 0 Å². The van der Waals surface area contributed by atoms with Crippen LogP contribution in [-0.2, 0) is 0 Å². The number of benzene rings is 1. The molecule has 0 spiro atoms. The molecular formula is C10H13F2NO2. The Bertz CT molecular complexity index is 321. The number of hydrogen-bond acceptors (Lipinski definition) is 3. The predicted molar refractivity (Wildman–Crippen MR) is 51.8 cm³/mol. The number of aliphatic hydroxyl groups excluding tert-OH is 1. The van der Waals surface area contributed by atoms with Crippen molar-refractivity contribution in [1.82, 2.24) is 5.32 Å². The van der Waals surface area contributed by atoms with Crippen molar-refractivity contribution in [2.45, 2.75) is 6.10 Å². The van der Waals surface area contributed by atoms with Crippen LogP contribution in [0.15, 0.2) is 12.1 Å². The van der Waals surface area contributed by atoms with E-state index in [1.165, 1.54) is 7.11 Å². The quantitative estimate of drug-likeness (QED) is 0.797. The number of halogens is 2. The van der Waals surface area contributed by atoms with Crippen LogP contribution in [0.1, 0.15) is 11.7 Å². The highest BCUT2D eigenvalue weighted by molar-refractivity contribution is 5.32. The molecule has 15 heavy (non-hydrogen) atoms. The number of ether oxygens (including phenoxy) is 1. The first kappa shape index (κ1) is 11.9. The van der Waals surface area contributed by atoms with Gasteiger partial charge in [-0.05, 0) is 24.7 Å². The Balaban J connectivity index is 3.02. The molecule has 0 heterocycles. The minimum absolute atomic E-state index is 0.181. The molecule has 84 valence electrons. The van der Waals surface area contributed by atoms with Gasteiger partial charge in [0, 0.05) is 6.54 Å². The van der Waals surface area contributed by atoms with Gasteiger partial charge >= 0.3 is 0 Å². The number of likely N-dealkylation sites (N-methyl/N-ethyl adjacent to an activating group) is 1. The van der Waals surface area contributed by atoms with E-state index in [0.717, 1.165) is 12.1 Å². The van der Waals surface area contributed by atoms with Gasteiger partial charge in [0.2, 0.25) is 0 Å². The topological polar surface area (TPSA) is 41.5 Å². The molecule has 2 N–H and O–H groups in total. The SMILES string of the molecule is CNCC(O)c1cc(F)c(OC)c(F)c1. The molecule has 5 heteroatoms. The second-order valence-electron chi connectivity index (χ2n) is 3.09. The lowest BCUT2D eigenvalue weighted by atomic mass is 10.1. The van der Waals surface area contributed by atoms with Gasteiger partial charge in [-0.15, -0.1) is 0 Å². The molecule has 1 unspecified atom stereocenters. The van der Waals surface area contributed by atoms with Gasteiger partial charge in [0.15, 0.2) is 17.4 Å². The van der Waals surface area contributed by atoms with E-state index >= 15 is 0 Å². The first-order valence-corrected chi connectivity index (χ1v) is 4.45. The van der Waals surface area contributed by atoms with Crippen molar-refractivity contribution in [1.29, 1.82) is 0 Å². The van der Waals surface area contributed by atoms with E-state index in [1.54, 1.807) is 7.05 Å². The maximum Gasteiger partial charge on any atom is 0.190 e. The monoisotopic (exact) mass is 217 g/mol. The Kier molecular flexibility index (Phi) is 3.99. The Morgan fingerprint density at radius 3 is 2.33 bits per heavy atom. The fourth-order valence-corrected chi connectivity index (χ4v) is 1.28. The highest BCUT2D eigenvalue weighted by Crippen LogP contribution is 2.25. The van der Waals surface area contributed by atoms with Gasteiger partial charge in [-0.2, -0.15) is 0 Å². The van der Waals surface area contributed by atoms with Crippen LogP contribution >= 0.6 is 0 Å². The lowest BCUT2D eigenvalue weighted by molar-refractivity contribution is 0.176. The zero-order valence-corrected chi connectivity index (χ0v) is 8.55. The van der Waals surface area contributed by atoms with E-state index in [2.05, 4.69) is 10.1 Å². The van der Waals surface area contributed by atoms with E-state index in [-0.39, 0.29) is 12.1 Å². The molecule has 1 aromatic rings. The Labute approximate surface area is 86.7 Å². The first-order chi connectivity index (χ1) is 7.10. The van der Waals surface area contributed by atoms with Crippen LogP contribution in [0.5, 0.6) is 5.75 Å². The smallest absolute Gasteiger partial charge is 0.190 e.